The molecule has 0 N–H and O–H groups in total. The minimum absolute atomic E-state index is 0.0754. The fourth-order valence-electron chi connectivity index (χ4n) is 8.47. The van der Waals surface area contributed by atoms with E-state index < -0.39 is 47.1 Å². The first kappa shape index (κ1) is 32.7. The Morgan fingerprint density at radius 1 is 0.795 bits per heavy atom. The Hall–Kier alpha value is -2.66. The normalized spacial score (nSPS) is 32.6. The van der Waals surface area contributed by atoms with Gasteiger partial charge in [0.15, 0.2) is 12.1 Å². The average Bonchev–Trinajstić information content (AvgIpc) is 3.01. The number of carbonyl (C=O) groups is 2. The van der Waals surface area contributed by atoms with Crippen molar-refractivity contribution >= 4 is 11.8 Å². The molecule has 5 nitrogen and oxygen atoms in total. The Balaban J connectivity index is 1.26. The van der Waals surface area contributed by atoms with Crippen molar-refractivity contribution in [2.75, 3.05) is 13.2 Å². The number of ketones is 1. The van der Waals surface area contributed by atoms with Crippen LogP contribution in [0, 0.1) is 28.6 Å². The highest BCUT2D eigenvalue weighted by Gasteiger charge is 2.56. The Kier molecular flexibility index (Phi) is 9.12. The Bertz CT molecular complexity index is 1240. The van der Waals surface area contributed by atoms with Gasteiger partial charge in [-0.15, -0.1) is 0 Å². The fraction of sp³-hybridized carbons (Fsp3) is 0.636. The molecule has 4 saturated carbocycles. The van der Waals surface area contributed by atoms with E-state index in [1.807, 2.05) is 0 Å². The Morgan fingerprint density at radius 3 is 1.80 bits per heavy atom. The maximum atomic E-state index is 14.2. The van der Waals surface area contributed by atoms with Crippen molar-refractivity contribution in [3.63, 3.8) is 0 Å². The highest BCUT2D eigenvalue weighted by molar-refractivity contribution is 5.89. The van der Waals surface area contributed by atoms with Crippen molar-refractivity contribution in [2.24, 2.45) is 28.6 Å². The summed E-state index contributed by atoms with van der Waals surface area (Å²) in [5.74, 6) is -1.52. The predicted octanol–water partition coefficient (Wildman–Crippen LogP) is 8.77. The molecule has 5 fully saturated rings. The fourth-order valence-corrected chi connectivity index (χ4v) is 8.47. The van der Waals surface area contributed by atoms with Crippen LogP contribution in [0.2, 0.25) is 0 Å². The number of alkyl halides is 6. The molecule has 5 aliphatic rings. The molecule has 0 spiro atoms. The quantitative estimate of drug-likeness (QED) is 0.125. The van der Waals surface area contributed by atoms with Crippen LogP contribution >= 0.6 is 0 Å². The standard InChI is InChI=1S/C33H38F6O5/c1-3-23(40)17-20-5-7-21(8-6-20)30-11-14-31(15-12-30,16-13-30)22-18-42-29(43-19-22)24-9-10-25(44-26(41)4-2)28(33(37,38)39)27(24)32(34,35)36/h3-4,9-10,20-22,29H,1-2,5-8,11-19H2. The van der Waals surface area contributed by atoms with E-state index in [0.29, 0.717) is 30.4 Å². The molecule has 4 aliphatic carbocycles. The molecule has 1 aliphatic heterocycles. The molecule has 1 aromatic carbocycles. The van der Waals surface area contributed by atoms with E-state index in [9.17, 15) is 35.9 Å². The van der Waals surface area contributed by atoms with E-state index in [1.165, 1.54) is 6.08 Å². The first-order valence-electron chi connectivity index (χ1n) is 15.3. The van der Waals surface area contributed by atoms with Crippen LogP contribution in [-0.4, -0.2) is 25.0 Å². The third kappa shape index (κ3) is 6.36. The molecule has 44 heavy (non-hydrogen) atoms. The highest BCUT2D eigenvalue weighted by atomic mass is 19.4. The smallest absolute Gasteiger partial charge is 0.420 e. The van der Waals surface area contributed by atoms with Crippen LogP contribution in [-0.2, 0) is 31.4 Å². The second-order valence-corrected chi connectivity index (χ2v) is 13.0. The molecule has 242 valence electrons. The maximum Gasteiger partial charge on any atom is 0.420 e. The minimum Gasteiger partial charge on any atom is -0.423 e. The van der Waals surface area contributed by atoms with Gasteiger partial charge in [0, 0.05) is 24.0 Å². The lowest BCUT2D eigenvalue weighted by Gasteiger charge is -2.60. The maximum absolute atomic E-state index is 14.2. The van der Waals surface area contributed by atoms with E-state index in [0.717, 1.165) is 70.3 Å². The third-order valence-electron chi connectivity index (χ3n) is 11.0. The molecular formula is C33H38F6O5. The number of fused-ring (bicyclic) bond motifs is 3. The van der Waals surface area contributed by atoms with Crippen molar-refractivity contribution in [1.82, 2.24) is 0 Å². The number of ether oxygens (including phenoxy) is 3. The lowest BCUT2D eigenvalue weighted by molar-refractivity contribution is -0.240. The van der Waals surface area contributed by atoms with Crippen LogP contribution in [0.15, 0.2) is 37.4 Å². The van der Waals surface area contributed by atoms with Crippen molar-refractivity contribution in [3.8, 4) is 5.75 Å². The summed E-state index contributed by atoms with van der Waals surface area (Å²) in [6.45, 7) is 6.81. The number of benzene rings is 1. The van der Waals surface area contributed by atoms with Crippen molar-refractivity contribution in [1.29, 1.82) is 0 Å². The minimum atomic E-state index is -5.48. The van der Waals surface area contributed by atoms with Gasteiger partial charge in [-0.05, 0) is 105 Å². The van der Waals surface area contributed by atoms with Crippen LogP contribution in [0.4, 0.5) is 26.3 Å². The molecule has 11 heteroatoms. The van der Waals surface area contributed by atoms with E-state index >= 15 is 0 Å². The molecule has 1 aromatic rings. The zero-order valence-electron chi connectivity index (χ0n) is 24.5. The molecule has 0 radical (unpaired) electrons. The van der Waals surface area contributed by atoms with Gasteiger partial charge in [-0.2, -0.15) is 26.3 Å². The van der Waals surface area contributed by atoms with Gasteiger partial charge < -0.3 is 14.2 Å². The van der Waals surface area contributed by atoms with E-state index in [1.54, 1.807) is 0 Å². The zero-order chi connectivity index (χ0) is 31.9. The lowest BCUT2D eigenvalue weighted by Crippen LogP contribution is -2.52. The van der Waals surface area contributed by atoms with Crippen LogP contribution in [0.25, 0.3) is 0 Å². The van der Waals surface area contributed by atoms with Gasteiger partial charge in [0.1, 0.15) is 11.3 Å². The lowest BCUT2D eigenvalue weighted by atomic mass is 9.46. The molecule has 0 atom stereocenters. The number of esters is 1. The molecule has 0 unspecified atom stereocenters. The van der Waals surface area contributed by atoms with Crippen LogP contribution in [0.3, 0.4) is 0 Å². The van der Waals surface area contributed by atoms with E-state index in [-0.39, 0.29) is 35.7 Å². The van der Waals surface area contributed by atoms with Crippen molar-refractivity contribution in [2.45, 2.75) is 89.3 Å². The van der Waals surface area contributed by atoms with Gasteiger partial charge in [-0.25, -0.2) is 4.79 Å². The van der Waals surface area contributed by atoms with Gasteiger partial charge in [0.2, 0.25) is 0 Å². The molecule has 1 saturated heterocycles. The summed E-state index contributed by atoms with van der Waals surface area (Å²) >= 11 is 0. The molecule has 6 rings (SSSR count). The Morgan fingerprint density at radius 2 is 1.32 bits per heavy atom. The molecule has 0 amide bonds. The second kappa shape index (κ2) is 12.3. The molecule has 1 heterocycles. The number of carbonyl (C=O) groups excluding carboxylic acids is 2. The summed E-state index contributed by atoms with van der Waals surface area (Å²) in [6, 6.07) is 1.49. The van der Waals surface area contributed by atoms with Gasteiger partial charge >= 0.3 is 18.3 Å². The summed E-state index contributed by atoms with van der Waals surface area (Å²) in [6.07, 6.45) is 0.370. The first-order chi connectivity index (χ1) is 20.7. The second-order valence-electron chi connectivity index (χ2n) is 13.0. The molecule has 2 bridgehead atoms. The van der Waals surface area contributed by atoms with E-state index in [2.05, 4.69) is 17.9 Å². The highest BCUT2D eigenvalue weighted by Crippen LogP contribution is 2.65. The largest absolute Gasteiger partial charge is 0.423 e. The summed E-state index contributed by atoms with van der Waals surface area (Å²) in [5, 5.41) is 0. The van der Waals surface area contributed by atoms with Crippen molar-refractivity contribution in [3.05, 3.63) is 54.1 Å². The molecular weight excluding hydrogens is 590 g/mol. The summed E-state index contributed by atoms with van der Waals surface area (Å²) in [7, 11) is 0. The number of halogens is 6. The van der Waals surface area contributed by atoms with Gasteiger partial charge in [0.25, 0.3) is 0 Å². The number of hydrogen-bond donors (Lipinski definition) is 0. The van der Waals surface area contributed by atoms with Gasteiger partial charge in [-0.1, -0.05) is 13.2 Å². The van der Waals surface area contributed by atoms with E-state index in [4.69, 9.17) is 9.47 Å². The van der Waals surface area contributed by atoms with Crippen LogP contribution < -0.4 is 4.74 Å². The third-order valence-corrected chi connectivity index (χ3v) is 11.0. The van der Waals surface area contributed by atoms with Crippen LogP contribution in [0.5, 0.6) is 5.75 Å². The van der Waals surface area contributed by atoms with Gasteiger partial charge in [-0.3, -0.25) is 4.79 Å². The SMILES string of the molecule is C=CC(=O)CC1CCC(C23CCC(C4COC(c5ccc(OC(=O)C=C)c(C(F)(F)F)c5C(F)(F)F)OC4)(CC2)CC3)CC1. The Labute approximate surface area is 253 Å². The molecule has 0 aromatic heterocycles. The first-order valence-corrected chi connectivity index (χ1v) is 15.3. The summed E-state index contributed by atoms with van der Waals surface area (Å²) in [4.78, 5) is 23.4. The van der Waals surface area contributed by atoms with Crippen LogP contribution in [0.1, 0.15) is 93.6 Å². The monoisotopic (exact) mass is 628 g/mol. The number of rotatable bonds is 8. The zero-order valence-corrected chi connectivity index (χ0v) is 24.5. The van der Waals surface area contributed by atoms with Gasteiger partial charge in [0.05, 0.1) is 18.8 Å². The van der Waals surface area contributed by atoms with Crippen molar-refractivity contribution < 1.29 is 50.1 Å². The average molecular weight is 629 g/mol. The topological polar surface area (TPSA) is 61.8 Å². The number of allylic oxidation sites excluding steroid dienone is 1. The summed E-state index contributed by atoms with van der Waals surface area (Å²) in [5.41, 5.74) is -4.71. The number of hydrogen-bond acceptors (Lipinski definition) is 5. The predicted molar refractivity (Wildman–Crippen MR) is 148 cm³/mol. The summed E-state index contributed by atoms with van der Waals surface area (Å²) < 4.78 is 101.